The second-order valence-electron chi connectivity index (χ2n) is 4.14. The molecule has 0 saturated carbocycles. The molecular formula is C12H15F2NO. The average molecular weight is 227 g/mol. The van der Waals surface area contributed by atoms with Crippen molar-refractivity contribution < 1.29 is 13.5 Å². The number of likely N-dealkylation sites (N-methyl/N-ethyl adjacent to an activating group) is 1. The Morgan fingerprint density at radius 2 is 2.25 bits per heavy atom. The maximum atomic E-state index is 13.3. The van der Waals surface area contributed by atoms with E-state index >= 15 is 0 Å². The van der Waals surface area contributed by atoms with E-state index in [0.29, 0.717) is 12.6 Å². The van der Waals surface area contributed by atoms with Crippen molar-refractivity contribution >= 4 is 0 Å². The van der Waals surface area contributed by atoms with E-state index in [-0.39, 0.29) is 5.75 Å². The third-order valence-electron chi connectivity index (χ3n) is 3.02. The van der Waals surface area contributed by atoms with Gasteiger partial charge in [0.1, 0.15) is 6.61 Å². The van der Waals surface area contributed by atoms with Crippen LogP contribution in [-0.2, 0) is 0 Å². The molecule has 1 aliphatic rings. The van der Waals surface area contributed by atoms with Gasteiger partial charge in [-0.15, -0.1) is 0 Å². The molecule has 1 aromatic rings. The Balaban J connectivity index is 1.96. The van der Waals surface area contributed by atoms with E-state index in [2.05, 4.69) is 4.90 Å². The van der Waals surface area contributed by atoms with Crippen LogP contribution >= 0.6 is 0 Å². The molecule has 2 rings (SSSR count). The molecule has 0 aromatic heterocycles. The lowest BCUT2D eigenvalue weighted by atomic mass is 10.2. The molecule has 0 bridgehead atoms. The fourth-order valence-corrected chi connectivity index (χ4v) is 1.97. The standard InChI is InChI=1S/C12H15F2NO/c1-15-7-3-4-9(15)8-16-11-6-2-5-10(13)12(11)14/h2,5-6,9H,3-4,7-8H2,1H3/t9-/m0/s1. The number of halogens is 2. The van der Waals surface area contributed by atoms with Crippen molar-refractivity contribution in [1.82, 2.24) is 4.90 Å². The van der Waals surface area contributed by atoms with Gasteiger partial charge in [-0.05, 0) is 38.6 Å². The molecule has 0 N–H and O–H groups in total. The summed E-state index contributed by atoms with van der Waals surface area (Å²) in [5.74, 6) is -1.76. The molecule has 1 aliphatic heterocycles. The molecule has 88 valence electrons. The van der Waals surface area contributed by atoms with Crippen molar-refractivity contribution in [3.8, 4) is 5.75 Å². The van der Waals surface area contributed by atoms with Crippen molar-refractivity contribution in [1.29, 1.82) is 0 Å². The number of hydrogen-bond acceptors (Lipinski definition) is 2. The summed E-state index contributed by atoms with van der Waals surface area (Å²) in [6.45, 7) is 1.45. The Morgan fingerprint density at radius 1 is 1.44 bits per heavy atom. The van der Waals surface area contributed by atoms with Crippen molar-refractivity contribution in [2.75, 3.05) is 20.2 Å². The highest BCUT2D eigenvalue weighted by Crippen LogP contribution is 2.21. The summed E-state index contributed by atoms with van der Waals surface area (Å²) in [7, 11) is 2.02. The van der Waals surface area contributed by atoms with E-state index in [1.807, 2.05) is 7.05 Å². The first kappa shape index (κ1) is 11.3. The zero-order valence-corrected chi connectivity index (χ0v) is 9.25. The van der Waals surface area contributed by atoms with Crippen molar-refractivity contribution in [3.63, 3.8) is 0 Å². The van der Waals surface area contributed by atoms with Crippen LogP contribution in [0.3, 0.4) is 0 Å². The fourth-order valence-electron chi connectivity index (χ4n) is 1.97. The SMILES string of the molecule is CN1CCC[C@H]1COc1cccc(F)c1F. The van der Waals surface area contributed by atoms with Gasteiger partial charge >= 0.3 is 0 Å². The zero-order chi connectivity index (χ0) is 11.5. The lowest BCUT2D eigenvalue weighted by molar-refractivity contribution is 0.191. The summed E-state index contributed by atoms with van der Waals surface area (Å²) in [6.07, 6.45) is 2.18. The molecule has 0 spiro atoms. The predicted molar refractivity (Wildman–Crippen MR) is 57.5 cm³/mol. The number of nitrogens with zero attached hydrogens (tertiary/aromatic N) is 1. The van der Waals surface area contributed by atoms with Crippen molar-refractivity contribution in [2.45, 2.75) is 18.9 Å². The van der Waals surface area contributed by atoms with Crippen LogP contribution in [0.15, 0.2) is 18.2 Å². The lowest BCUT2D eigenvalue weighted by Gasteiger charge is -2.19. The lowest BCUT2D eigenvalue weighted by Crippen LogP contribution is -2.30. The molecule has 0 unspecified atom stereocenters. The molecule has 0 radical (unpaired) electrons. The van der Waals surface area contributed by atoms with Crippen molar-refractivity contribution in [3.05, 3.63) is 29.8 Å². The molecule has 1 fully saturated rings. The van der Waals surface area contributed by atoms with Crippen LogP contribution in [0.1, 0.15) is 12.8 Å². The summed E-state index contributed by atoms with van der Waals surface area (Å²) in [5.41, 5.74) is 0. The minimum atomic E-state index is -0.900. The minimum Gasteiger partial charge on any atom is -0.489 e. The topological polar surface area (TPSA) is 12.5 Å². The molecule has 4 heteroatoms. The maximum Gasteiger partial charge on any atom is 0.200 e. The van der Waals surface area contributed by atoms with Gasteiger partial charge < -0.3 is 9.64 Å². The van der Waals surface area contributed by atoms with Crippen LogP contribution in [0.2, 0.25) is 0 Å². The van der Waals surface area contributed by atoms with Gasteiger partial charge in [0.25, 0.3) is 0 Å². The highest BCUT2D eigenvalue weighted by Gasteiger charge is 2.22. The fraction of sp³-hybridized carbons (Fsp3) is 0.500. The summed E-state index contributed by atoms with van der Waals surface area (Å²) in [4.78, 5) is 2.18. The van der Waals surface area contributed by atoms with Crippen LogP contribution in [-0.4, -0.2) is 31.1 Å². The van der Waals surface area contributed by atoms with Gasteiger partial charge in [0, 0.05) is 6.04 Å². The van der Waals surface area contributed by atoms with Gasteiger partial charge in [-0.3, -0.25) is 0 Å². The third kappa shape index (κ3) is 2.32. The van der Waals surface area contributed by atoms with Gasteiger partial charge in [0.15, 0.2) is 11.6 Å². The number of hydrogen-bond donors (Lipinski definition) is 0. The monoisotopic (exact) mass is 227 g/mol. The summed E-state index contributed by atoms with van der Waals surface area (Å²) in [5, 5.41) is 0. The molecule has 2 nitrogen and oxygen atoms in total. The summed E-state index contributed by atoms with van der Waals surface area (Å²) < 4.78 is 31.5. The molecule has 1 saturated heterocycles. The first-order valence-electron chi connectivity index (χ1n) is 5.45. The Bertz CT molecular complexity index is 370. The van der Waals surface area contributed by atoms with Crippen LogP contribution < -0.4 is 4.74 Å². The van der Waals surface area contributed by atoms with E-state index in [1.54, 1.807) is 0 Å². The van der Waals surface area contributed by atoms with Gasteiger partial charge in [-0.1, -0.05) is 6.07 Å². The highest BCUT2D eigenvalue weighted by atomic mass is 19.2. The quantitative estimate of drug-likeness (QED) is 0.786. The highest BCUT2D eigenvalue weighted by molar-refractivity contribution is 5.25. The largest absolute Gasteiger partial charge is 0.489 e. The first-order valence-corrected chi connectivity index (χ1v) is 5.45. The van der Waals surface area contributed by atoms with E-state index in [4.69, 9.17) is 4.74 Å². The Kier molecular flexibility index (Phi) is 3.39. The minimum absolute atomic E-state index is 0.000278. The number of likely N-dealkylation sites (tertiary alicyclic amines) is 1. The van der Waals surface area contributed by atoms with Crippen molar-refractivity contribution in [2.24, 2.45) is 0 Å². The predicted octanol–water partition coefficient (Wildman–Crippen LogP) is 2.44. The second kappa shape index (κ2) is 4.78. The van der Waals surface area contributed by atoms with Crippen LogP contribution in [0, 0.1) is 11.6 Å². The Hall–Kier alpha value is -1.16. The summed E-state index contributed by atoms with van der Waals surface area (Å²) >= 11 is 0. The number of benzene rings is 1. The van der Waals surface area contributed by atoms with Crippen LogP contribution in [0.25, 0.3) is 0 Å². The van der Waals surface area contributed by atoms with E-state index < -0.39 is 11.6 Å². The normalized spacial score (nSPS) is 21.3. The molecular weight excluding hydrogens is 212 g/mol. The van der Waals surface area contributed by atoms with Gasteiger partial charge in [-0.2, -0.15) is 4.39 Å². The second-order valence-corrected chi connectivity index (χ2v) is 4.14. The molecule has 0 amide bonds. The first-order chi connectivity index (χ1) is 7.68. The van der Waals surface area contributed by atoms with Crippen LogP contribution in [0.4, 0.5) is 8.78 Å². The number of rotatable bonds is 3. The molecule has 1 atom stereocenters. The summed E-state index contributed by atoms with van der Waals surface area (Å²) in [6, 6.07) is 4.30. The third-order valence-corrected chi connectivity index (χ3v) is 3.02. The van der Waals surface area contributed by atoms with E-state index in [9.17, 15) is 8.78 Å². The van der Waals surface area contributed by atoms with E-state index in [1.165, 1.54) is 12.1 Å². The van der Waals surface area contributed by atoms with Crippen LogP contribution in [0.5, 0.6) is 5.75 Å². The van der Waals surface area contributed by atoms with Gasteiger partial charge in [0.2, 0.25) is 5.82 Å². The molecule has 1 aromatic carbocycles. The number of ether oxygens (including phenoxy) is 1. The smallest absolute Gasteiger partial charge is 0.200 e. The molecule has 16 heavy (non-hydrogen) atoms. The van der Waals surface area contributed by atoms with E-state index in [0.717, 1.165) is 25.5 Å². The maximum absolute atomic E-state index is 13.3. The molecule has 0 aliphatic carbocycles. The van der Waals surface area contributed by atoms with Gasteiger partial charge in [0.05, 0.1) is 0 Å². The molecule has 1 heterocycles. The Labute approximate surface area is 93.8 Å². The zero-order valence-electron chi connectivity index (χ0n) is 9.25. The Morgan fingerprint density at radius 3 is 2.94 bits per heavy atom. The average Bonchev–Trinajstić information content (AvgIpc) is 2.67. The van der Waals surface area contributed by atoms with Gasteiger partial charge in [-0.25, -0.2) is 4.39 Å².